The van der Waals surface area contributed by atoms with Crippen molar-refractivity contribution in [3.8, 4) is 6.07 Å². The maximum atomic E-state index is 11.2. The minimum atomic E-state index is -0.322. The lowest BCUT2D eigenvalue weighted by atomic mass is 10.4. The van der Waals surface area contributed by atoms with E-state index in [0.717, 1.165) is 4.88 Å². The van der Waals surface area contributed by atoms with Crippen molar-refractivity contribution in [1.82, 2.24) is 20.2 Å². The highest BCUT2D eigenvalue weighted by atomic mass is 32.1. The Morgan fingerprint density at radius 2 is 2.47 bits per heavy atom. The summed E-state index contributed by atoms with van der Waals surface area (Å²) in [5.74, 6) is 4.84. The van der Waals surface area contributed by atoms with Gasteiger partial charge in [0.05, 0.1) is 11.4 Å². The number of nitrogens with one attached hydrogen (secondary N) is 1. The van der Waals surface area contributed by atoms with Gasteiger partial charge < -0.3 is 0 Å². The molecular weight excluding hydrogens is 240 g/mol. The summed E-state index contributed by atoms with van der Waals surface area (Å²) in [5.41, 5.74) is 2.07. The predicted molar refractivity (Wildman–Crippen MR) is 59.8 cm³/mol. The van der Waals surface area contributed by atoms with Crippen molar-refractivity contribution in [2.75, 3.05) is 0 Å². The molecule has 0 aliphatic carbocycles. The number of hydrazine groups is 1. The van der Waals surface area contributed by atoms with Crippen LogP contribution in [0.5, 0.6) is 0 Å². The summed E-state index contributed by atoms with van der Waals surface area (Å²) in [6.45, 7) is 0.469. The topological polar surface area (TPSA) is 110 Å². The average Bonchev–Trinajstić information content (AvgIpc) is 2.97. The quantitative estimate of drug-likeness (QED) is 0.446. The van der Waals surface area contributed by atoms with Crippen molar-refractivity contribution >= 4 is 17.2 Å². The second kappa shape index (κ2) is 4.73. The van der Waals surface area contributed by atoms with Crippen LogP contribution in [0.4, 0.5) is 0 Å². The third-order valence-electron chi connectivity index (χ3n) is 1.97. The van der Waals surface area contributed by atoms with E-state index in [9.17, 15) is 4.79 Å². The molecule has 17 heavy (non-hydrogen) atoms. The van der Waals surface area contributed by atoms with Gasteiger partial charge in [-0.3, -0.25) is 10.2 Å². The Kier molecular flexibility index (Phi) is 3.13. The molecule has 0 saturated heterocycles. The van der Waals surface area contributed by atoms with E-state index in [0.29, 0.717) is 11.4 Å². The molecule has 2 rings (SSSR count). The molecule has 3 N–H and O–H groups in total. The minimum Gasteiger partial charge on any atom is -0.289 e. The molecule has 0 aliphatic heterocycles. The summed E-state index contributed by atoms with van der Waals surface area (Å²) < 4.78 is 1.54. The number of carbonyl (C=O) groups excluding carboxylic acids is 1. The van der Waals surface area contributed by atoms with Crippen molar-refractivity contribution in [1.29, 1.82) is 5.26 Å². The number of nitrogens with zero attached hydrogens (tertiary/aromatic N) is 4. The van der Waals surface area contributed by atoms with Crippen molar-refractivity contribution < 1.29 is 4.79 Å². The maximum absolute atomic E-state index is 11.2. The monoisotopic (exact) mass is 248 g/mol. The summed E-state index contributed by atoms with van der Waals surface area (Å²) in [5, 5.41) is 12.5. The van der Waals surface area contributed by atoms with Gasteiger partial charge in [-0.2, -0.15) is 5.26 Å². The fourth-order valence-corrected chi connectivity index (χ4v) is 2.14. The molecule has 0 aliphatic rings. The van der Waals surface area contributed by atoms with Crippen LogP contribution >= 0.6 is 11.3 Å². The van der Waals surface area contributed by atoms with Gasteiger partial charge in [0.2, 0.25) is 0 Å². The molecule has 2 aromatic rings. The number of nitrogens with two attached hydrogens (primary N) is 1. The molecule has 0 unspecified atom stereocenters. The molecule has 1 amide bonds. The number of hydrogen-bond acceptors (Lipinski definition) is 6. The third-order valence-corrected chi connectivity index (χ3v) is 3.04. The van der Waals surface area contributed by atoms with Gasteiger partial charge in [-0.1, -0.05) is 0 Å². The lowest BCUT2D eigenvalue weighted by molar-refractivity contribution is 0.0957. The zero-order valence-electron chi connectivity index (χ0n) is 8.62. The van der Waals surface area contributed by atoms with E-state index in [1.807, 2.05) is 12.1 Å². The molecule has 0 radical (unpaired) electrons. The third kappa shape index (κ3) is 2.47. The van der Waals surface area contributed by atoms with Gasteiger partial charge in [0, 0.05) is 4.88 Å². The van der Waals surface area contributed by atoms with Crippen LogP contribution in [0.2, 0.25) is 0 Å². The fourth-order valence-electron chi connectivity index (χ4n) is 1.24. The minimum absolute atomic E-state index is 0.126. The highest BCUT2D eigenvalue weighted by molar-refractivity contribution is 7.14. The second-order valence-electron chi connectivity index (χ2n) is 3.12. The summed E-state index contributed by atoms with van der Waals surface area (Å²) in [6.07, 6.45) is 1.47. The van der Waals surface area contributed by atoms with Gasteiger partial charge in [-0.05, 0) is 12.1 Å². The number of nitrogen functional groups attached to an aromatic ring is 1. The molecular formula is C9H8N6OS. The Morgan fingerprint density at radius 1 is 1.65 bits per heavy atom. The van der Waals surface area contributed by atoms with Crippen LogP contribution in [0.1, 0.15) is 20.4 Å². The zero-order chi connectivity index (χ0) is 12.3. The van der Waals surface area contributed by atoms with Gasteiger partial charge in [0.25, 0.3) is 11.7 Å². The summed E-state index contributed by atoms with van der Waals surface area (Å²) >= 11 is 1.31. The van der Waals surface area contributed by atoms with Crippen LogP contribution in [0.3, 0.4) is 0 Å². The van der Waals surface area contributed by atoms with E-state index in [-0.39, 0.29) is 11.7 Å². The number of aromatic nitrogens is 3. The average molecular weight is 248 g/mol. The second-order valence-corrected chi connectivity index (χ2v) is 4.29. The van der Waals surface area contributed by atoms with Gasteiger partial charge in [0.1, 0.15) is 12.4 Å². The first kappa shape index (κ1) is 11.3. The molecule has 0 spiro atoms. The Hall–Kier alpha value is -2.24. The van der Waals surface area contributed by atoms with E-state index < -0.39 is 0 Å². The molecule has 2 heterocycles. The van der Waals surface area contributed by atoms with Crippen molar-refractivity contribution in [2.24, 2.45) is 5.84 Å². The number of carbonyl (C=O) groups is 1. The Balaban J connectivity index is 2.11. The fraction of sp³-hybridized carbons (Fsp3) is 0.111. The van der Waals surface area contributed by atoms with Crippen LogP contribution in [0.25, 0.3) is 0 Å². The molecule has 7 nitrogen and oxygen atoms in total. The van der Waals surface area contributed by atoms with E-state index in [2.05, 4.69) is 15.5 Å². The number of rotatable bonds is 3. The largest absolute Gasteiger partial charge is 0.289 e. The van der Waals surface area contributed by atoms with Crippen LogP contribution < -0.4 is 11.3 Å². The van der Waals surface area contributed by atoms with Crippen molar-refractivity contribution in [2.45, 2.75) is 6.54 Å². The van der Waals surface area contributed by atoms with Crippen LogP contribution in [-0.4, -0.2) is 20.7 Å². The number of hydrogen-bond donors (Lipinski definition) is 2. The molecule has 8 heteroatoms. The maximum Gasteiger partial charge on any atom is 0.275 e. The molecule has 0 aromatic carbocycles. The number of thiophene rings is 1. The van der Waals surface area contributed by atoms with Gasteiger partial charge >= 0.3 is 0 Å². The molecule has 2 aromatic heterocycles. The molecule has 0 bridgehead atoms. The normalized spacial score (nSPS) is 9.88. The van der Waals surface area contributed by atoms with Crippen LogP contribution in [0.15, 0.2) is 18.5 Å². The number of amides is 1. The summed E-state index contributed by atoms with van der Waals surface area (Å²) in [6, 6.07) is 5.34. The van der Waals surface area contributed by atoms with Gasteiger partial charge in [0.15, 0.2) is 0 Å². The van der Waals surface area contributed by atoms with E-state index in [1.54, 1.807) is 6.07 Å². The highest BCUT2D eigenvalue weighted by Gasteiger charge is 2.08. The van der Waals surface area contributed by atoms with E-state index in [1.165, 1.54) is 22.3 Å². The Bertz CT molecular complexity index is 580. The lowest BCUT2D eigenvalue weighted by Crippen LogP contribution is -2.29. The van der Waals surface area contributed by atoms with Crippen molar-refractivity contribution in [3.05, 3.63) is 34.0 Å². The summed E-state index contributed by atoms with van der Waals surface area (Å²) in [7, 11) is 0. The molecule has 0 saturated carbocycles. The van der Waals surface area contributed by atoms with Crippen LogP contribution in [0, 0.1) is 11.3 Å². The smallest absolute Gasteiger partial charge is 0.275 e. The molecule has 86 valence electrons. The van der Waals surface area contributed by atoms with E-state index >= 15 is 0 Å². The summed E-state index contributed by atoms with van der Waals surface area (Å²) in [4.78, 5) is 16.5. The molecule has 0 atom stereocenters. The highest BCUT2D eigenvalue weighted by Crippen LogP contribution is 2.17. The predicted octanol–water partition coefficient (Wildman–Crippen LogP) is -0.137. The van der Waals surface area contributed by atoms with Crippen molar-refractivity contribution in [3.63, 3.8) is 0 Å². The first-order valence-electron chi connectivity index (χ1n) is 4.62. The number of nitriles is 1. The first-order valence-corrected chi connectivity index (χ1v) is 5.44. The van der Waals surface area contributed by atoms with Crippen LogP contribution in [-0.2, 0) is 6.54 Å². The molecule has 0 fully saturated rings. The Labute approximate surface area is 100 Å². The van der Waals surface area contributed by atoms with Gasteiger partial charge in [-0.25, -0.2) is 15.5 Å². The van der Waals surface area contributed by atoms with E-state index in [4.69, 9.17) is 11.1 Å². The Morgan fingerprint density at radius 3 is 3.12 bits per heavy atom. The first-order chi connectivity index (χ1) is 8.22. The lowest BCUT2D eigenvalue weighted by Gasteiger charge is -1.96. The van der Waals surface area contributed by atoms with Gasteiger partial charge in [-0.15, -0.1) is 16.4 Å². The SMILES string of the molecule is N#Cc1ncn(Cc2ccc(C(=O)NN)s2)n1. The standard InChI is InChI=1S/C9H8N6OS/c10-3-8-12-5-15(14-8)4-6-1-2-7(17-6)9(16)13-11/h1-2,5H,4,11H2,(H,13,16). The zero-order valence-corrected chi connectivity index (χ0v) is 9.44.